The maximum Gasteiger partial charge on any atom is 0.346 e. The molecule has 0 bridgehead atoms. The quantitative estimate of drug-likeness (QED) is 0.707. The minimum atomic E-state index is -3.70. The molecule has 0 fully saturated rings. The zero-order chi connectivity index (χ0) is 17.3. The Bertz CT molecular complexity index is 808. The molecule has 0 atom stereocenters. The molecule has 4 nitrogen and oxygen atoms in total. The minimum absolute atomic E-state index is 0.830. The smallest absolute Gasteiger partial charge is 0.236 e. The first-order chi connectivity index (χ1) is 10.6. The van der Waals surface area contributed by atoms with Crippen LogP contribution in [0.1, 0.15) is 0 Å². The van der Waals surface area contributed by atoms with E-state index in [4.69, 9.17) is 0 Å². The molecule has 2 aromatic carbocycles. The Balaban J connectivity index is 2.88. The van der Waals surface area contributed by atoms with Gasteiger partial charge in [-0.3, -0.25) is 0 Å². The van der Waals surface area contributed by atoms with Gasteiger partial charge in [-0.05, 0) is 0 Å². The zero-order valence-corrected chi connectivity index (χ0v) is 16.9. The first kappa shape index (κ1) is 18.1. The van der Waals surface area contributed by atoms with Gasteiger partial charge < -0.3 is 0 Å². The molecule has 0 heterocycles. The summed E-state index contributed by atoms with van der Waals surface area (Å²) in [6, 6.07) is 18.4. The Hall–Kier alpha value is -1.23. The average Bonchev–Trinajstić information content (AvgIpc) is 2.46. The van der Waals surface area contributed by atoms with Crippen molar-refractivity contribution < 1.29 is 16.8 Å². The van der Waals surface area contributed by atoms with Gasteiger partial charge in [0, 0.05) is 12.5 Å². The standard InChI is InChI=1S/C15H19O4S2Si2/c1-20(16,17)22(21(2,18)19)23(3,14-10-6-4-7-11-14)15-12-8-5-9-13-15/h4-13H,1-3H3. The fourth-order valence-electron chi connectivity index (χ4n) is 2.96. The lowest BCUT2D eigenvalue weighted by Gasteiger charge is -2.32. The van der Waals surface area contributed by atoms with Gasteiger partial charge in [-0.1, -0.05) is 77.6 Å². The van der Waals surface area contributed by atoms with E-state index in [-0.39, 0.29) is 0 Å². The highest BCUT2D eigenvalue weighted by atomic mass is 32.6. The molecule has 0 spiro atoms. The van der Waals surface area contributed by atoms with E-state index in [0.717, 1.165) is 22.9 Å². The molecular formula is C15H19O4S2Si2. The fraction of sp³-hybridized carbons (Fsp3) is 0.200. The highest BCUT2D eigenvalue weighted by Crippen LogP contribution is 2.18. The minimum Gasteiger partial charge on any atom is -0.236 e. The molecule has 0 unspecified atom stereocenters. The monoisotopic (exact) mass is 383 g/mol. The second-order valence-corrected chi connectivity index (χ2v) is 27.1. The Kier molecular flexibility index (Phi) is 5.00. The summed E-state index contributed by atoms with van der Waals surface area (Å²) in [5, 5.41) is 1.66. The maximum absolute atomic E-state index is 12.5. The van der Waals surface area contributed by atoms with E-state index in [0.29, 0.717) is 0 Å². The van der Waals surface area contributed by atoms with E-state index in [1.807, 2.05) is 67.2 Å². The van der Waals surface area contributed by atoms with Crippen molar-refractivity contribution in [3.63, 3.8) is 0 Å². The van der Waals surface area contributed by atoms with Gasteiger partial charge in [0.2, 0.25) is 0 Å². The van der Waals surface area contributed by atoms with Gasteiger partial charge in [-0.15, -0.1) is 0 Å². The van der Waals surface area contributed by atoms with Crippen molar-refractivity contribution >= 4 is 43.2 Å². The number of benzene rings is 2. The average molecular weight is 384 g/mol. The molecule has 0 aliphatic rings. The summed E-state index contributed by atoms with van der Waals surface area (Å²) in [5.41, 5.74) is 0. The van der Waals surface area contributed by atoms with Crippen molar-refractivity contribution in [2.24, 2.45) is 0 Å². The molecular weight excluding hydrogens is 364 g/mol. The first-order valence-corrected chi connectivity index (χ1v) is 17.2. The summed E-state index contributed by atoms with van der Waals surface area (Å²) in [6.07, 6.45) is 2.11. The van der Waals surface area contributed by atoms with Crippen LogP contribution < -0.4 is 10.4 Å². The topological polar surface area (TPSA) is 68.3 Å². The summed E-state index contributed by atoms with van der Waals surface area (Å²) in [7, 11) is -10.4. The van der Waals surface area contributed by atoms with Crippen LogP contribution in [-0.4, -0.2) is 43.6 Å². The highest BCUT2D eigenvalue weighted by Gasteiger charge is 2.55. The van der Waals surface area contributed by atoms with E-state index >= 15 is 0 Å². The van der Waals surface area contributed by atoms with Crippen LogP contribution in [0.25, 0.3) is 0 Å². The summed E-state index contributed by atoms with van der Waals surface area (Å²) in [5.74, 6) is 0. The third-order valence-electron chi connectivity index (χ3n) is 3.78. The molecule has 1 radical (unpaired) electrons. The SMILES string of the molecule is C[Si](c1ccccc1)(c1ccccc1)[Si](S(C)(=O)=O)S(C)(=O)=O. The lowest BCUT2D eigenvalue weighted by atomic mass is 10.4. The van der Waals surface area contributed by atoms with E-state index in [9.17, 15) is 16.8 Å². The summed E-state index contributed by atoms with van der Waals surface area (Å²) in [4.78, 5) is 0. The largest absolute Gasteiger partial charge is 0.346 e. The van der Waals surface area contributed by atoms with E-state index in [1.54, 1.807) is 0 Å². The van der Waals surface area contributed by atoms with Gasteiger partial charge >= 0.3 is 6.61 Å². The molecule has 8 heteroatoms. The van der Waals surface area contributed by atoms with Crippen LogP contribution >= 0.6 is 0 Å². The van der Waals surface area contributed by atoms with Crippen LogP contribution in [-0.2, 0) is 18.6 Å². The molecule has 0 amide bonds. The van der Waals surface area contributed by atoms with Crippen LogP contribution in [0.4, 0.5) is 0 Å². The molecule has 123 valence electrons. The van der Waals surface area contributed by atoms with Crippen molar-refractivity contribution in [3.8, 4) is 0 Å². The third kappa shape index (κ3) is 3.65. The molecule has 0 saturated carbocycles. The van der Waals surface area contributed by atoms with Gasteiger partial charge in [-0.2, -0.15) is 0 Å². The number of rotatable bonds is 5. The van der Waals surface area contributed by atoms with E-state index in [1.165, 1.54) is 0 Å². The lowest BCUT2D eigenvalue weighted by Crippen LogP contribution is -2.71. The van der Waals surface area contributed by atoms with Crippen molar-refractivity contribution in [1.82, 2.24) is 0 Å². The van der Waals surface area contributed by atoms with Gasteiger partial charge in [0.05, 0.1) is 0 Å². The molecule has 0 saturated heterocycles. The zero-order valence-electron chi connectivity index (χ0n) is 13.2. The van der Waals surface area contributed by atoms with Gasteiger partial charge in [0.25, 0.3) is 0 Å². The summed E-state index contributed by atoms with van der Waals surface area (Å²) >= 11 is 0. The molecule has 23 heavy (non-hydrogen) atoms. The van der Waals surface area contributed by atoms with Crippen molar-refractivity contribution in [2.75, 3.05) is 12.5 Å². The predicted molar refractivity (Wildman–Crippen MR) is 99.2 cm³/mol. The van der Waals surface area contributed by atoms with Crippen LogP contribution in [0.3, 0.4) is 0 Å². The molecule has 0 aliphatic carbocycles. The predicted octanol–water partition coefficient (Wildman–Crippen LogP) is 0.535. The Labute approximate surface area is 139 Å². The maximum atomic E-state index is 12.5. The van der Waals surface area contributed by atoms with Gasteiger partial charge in [0.1, 0.15) is 26.2 Å². The second-order valence-electron chi connectivity index (χ2n) is 5.69. The van der Waals surface area contributed by atoms with Crippen molar-refractivity contribution in [2.45, 2.75) is 6.55 Å². The number of hydrogen-bond acceptors (Lipinski definition) is 4. The van der Waals surface area contributed by atoms with E-state index < -0.39 is 32.8 Å². The van der Waals surface area contributed by atoms with Crippen LogP contribution in [0.15, 0.2) is 60.7 Å². The first-order valence-electron chi connectivity index (χ1n) is 6.96. The lowest BCUT2D eigenvalue weighted by molar-refractivity contribution is 0.610. The normalized spacial score (nSPS) is 13.2. The van der Waals surface area contributed by atoms with Crippen LogP contribution in [0, 0.1) is 0 Å². The summed E-state index contributed by atoms with van der Waals surface area (Å²) in [6.45, 7) is -0.879. The van der Waals surface area contributed by atoms with Gasteiger partial charge in [-0.25, -0.2) is 16.8 Å². The summed E-state index contributed by atoms with van der Waals surface area (Å²) < 4.78 is 49.9. The molecule has 2 aromatic rings. The fourth-order valence-corrected chi connectivity index (χ4v) is 38.6. The third-order valence-corrected chi connectivity index (χ3v) is 36.6. The molecule has 0 N–H and O–H groups in total. The Morgan fingerprint density at radius 1 is 0.696 bits per heavy atom. The highest BCUT2D eigenvalue weighted by molar-refractivity contribution is 8.54. The van der Waals surface area contributed by atoms with Crippen LogP contribution in [0.2, 0.25) is 6.55 Å². The Morgan fingerprint density at radius 2 is 1.00 bits per heavy atom. The van der Waals surface area contributed by atoms with Crippen molar-refractivity contribution in [1.29, 1.82) is 0 Å². The molecule has 2 rings (SSSR count). The number of hydrogen-bond donors (Lipinski definition) is 0. The molecule has 0 aromatic heterocycles. The van der Waals surface area contributed by atoms with E-state index in [2.05, 4.69) is 0 Å². The van der Waals surface area contributed by atoms with Crippen LogP contribution in [0.5, 0.6) is 0 Å². The molecule has 0 aliphatic heterocycles. The second kappa shape index (κ2) is 6.35. The van der Waals surface area contributed by atoms with Gasteiger partial charge in [0.15, 0.2) is 0 Å². The Morgan fingerprint density at radius 3 is 1.26 bits per heavy atom. The van der Waals surface area contributed by atoms with Crippen molar-refractivity contribution in [3.05, 3.63) is 60.7 Å².